The first-order valence-corrected chi connectivity index (χ1v) is 8.27. The number of carboxylic acid groups (broad SMARTS) is 1. The first-order valence-electron chi connectivity index (χ1n) is 7.45. The molecular formula is C18H20N2O2S. The number of thiophene rings is 1. The summed E-state index contributed by atoms with van der Waals surface area (Å²) >= 11 is 1.56. The zero-order valence-electron chi connectivity index (χ0n) is 13.5. The first kappa shape index (κ1) is 17.0. The molecule has 0 radical (unpaired) electrons. The lowest BCUT2D eigenvalue weighted by molar-refractivity contribution is -0.140. The molecule has 1 aromatic heterocycles. The second kappa shape index (κ2) is 7.30. The highest BCUT2D eigenvalue weighted by molar-refractivity contribution is 7.16. The lowest BCUT2D eigenvalue weighted by Gasteiger charge is -2.25. The van der Waals surface area contributed by atoms with E-state index in [1.165, 1.54) is 0 Å². The lowest BCUT2D eigenvalue weighted by Crippen LogP contribution is -2.31. The van der Waals surface area contributed by atoms with Crippen molar-refractivity contribution in [3.63, 3.8) is 0 Å². The van der Waals surface area contributed by atoms with Crippen LogP contribution >= 0.6 is 11.3 Å². The summed E-state index contributed by atoms with van der Waals surface area (Å²) in [7, 11) is 0. The minimum Gasteiger partial charge on any atom is -0.481 e. The number of benzene rings is 1. The van der Waals surface area contributed by atoms with Gasteiger partial charge in [0.25, 0.3) is 0 Å². The van der Waals surface area contributed by atoms with Gasteiger partial charge in [-0.2, -0.15) is 5.26 Å². The summed E-state index contributed by atoms with van der Waals surface area (Å²) in [5, 5.41) is 19.6. The van der Waals surface area contributed by atoms with Crippen LogP contribution in [0.5, 0.6) is 0 Å². The van der Waals surface area contributed by atoms with Crippen molar-refractivity contribution < 1.29 is 9.90 Å². The Morgan fingerprint density at radius 3 is 2.57 bits per heavy atom. The molecule has 0 amide bonds. The maximum atomic E-state index is 11.3. The topological polar surface area (TPSA) is 64.3 Å². The molecule has 0 aliphatic rings. The number of hydrogen-bond donors (Lipinski definition) is 1. The highest BCUT2D eigenvalue weighted by Gasteiger charge is 2.22. The maximum absolute atomic E-state index is 11.3. The molecule has 0 fully saturated rings. The summed E-state index contributed by atoms with van der Waals surface area (Å²) in [6.45, 7) is 6.59. The Bertz CT molecular complexity index is 731. The molecule has 0 saturated carbocycles. The molecule has 0 spiro atoms. The van der Waals surface area contributed by atoms with Crippen molar-refractivity contribution in [1.29, 1.82) is 5.26 Å². The minimum atomic E-state index is -0.827. The molecule has 5 heteroatoms. The molecule has 4 nitrogen and oxygen atoms in total. The van der Waals surface area contributed by atoms with E-state index < -0.39 is 11.9 Å². The van der Waals surface area contributed by atoms with E-state index in [0.717, 1.165) is 21.0 Å². The summed E-state index contributed by atoms with van der Waals surface area (Å²) in [5.74, 6) is -1.33. The lowest BCUT2D eigenvalue weighted by atomic mass is 10.1. The van der Waals surface area contributed by atoms with E-state index in [9.17, 15) is 15.2 Å². The maximum Gasteiger partial charge on any atom is 0.308 e. The number of nitrogens with zero attached hydrogens (tertiary/aromatic N) is 2. The summed E-state index contributed by atoms with van der Waals surface area (Å²) < 4.78 is 0. The number of rotatable bonds is 6. The second-order valence-electron chi connectivity index (χ2n) is 5.68. The first-order chi connectivity index (χ1) is 10.9. The van der Waals surface area contributed by atoms with Crippen molar-refractivity contribution >= 4 is 22.3 Å². The SMILES string of the molecule is Cc1sc(N(Cc2ccccc2)CC(C)C(=O)O)c(C#N)c1C. The van der Waals surface area contributed by atoms with Crippen LogP contribution in [-0.2, 0) is 11.3 Å². The van der Waals surface area contributed by atoms with Crippen LogP contribution in [0.4, 0.5) is 5.00 Å². The highest BCUT2D eigenvalue weighted by Crippen LogP contribution is 2.36. The number of aryl methyl sites for hydroxylation is 1. The normalized spacial score (nSPS) is 11.7. The fourth-order valence-corrected chi connectivity index (χ4v) is 3.51. The van der Waals surface area contributed by atoms with E-state index >= 15 is 0 Å². The van der Waals surface area contributed by atoms with Gasteiger partial charge in [-0.1, -0.05) is 37.3 Å². The summed E-state index contributed by atoms with van der Waals surface area (Å²) in [6, 6.07) is 12.2. The van der Waals surface area contributed by atoms with Gasteiger partial charge in [-0.3, -0.25) is 4.79 Å². The van der Waals surface area contributed by atoms with Gasteiger partial charge in [0.05, 0.1) is 11.5 Å². The molecule has 0 bridgehead atoms. The Morgan fingerprint density at radius 1 is 1.35 bits per heavy atom. The Hall–Kier alpha value is -2.32. The largest absolute Gasteiger partial charge is 0.481 e. The standard InChI is InChI=1S/C18H20N2O2S/c1-12(18(21)22)10-20(11-15-7-5-4-6-8-15)17-16(9-19)13(2)14(3)23-17/h4-8,12H,10-11H2,1-3H3,(H,21,22). The number of carboxylic acids is 1. The summed E-state index contributed by atoms with van der Waals surface area (Å²) in [6.07, 6.45) is 0. The van der Waals surface area contributed by atoms with E-state index in [1.54, 1.807) is 18.3 Å². The van der Waals surface area contributed by atoms with Crippen LogP contribution in [0.25, 0.3) is 0 Å². The van der Waals surface area contributed by atoms with Gasteiger partial charge in [0, 0.05) is 18.0 Å². The van der Waals surface area contributed by atoms with Crippen molar-refractivity contribution in [3.05, 3.63) is 51.9 Å². The predicted octanol–water partition coefficient (Wildman–Crippen LogP) is 3.96. The second-order valence-corrected chi connectivity index (χ2v) is 6.88. The molecule has 1 aromatic carbocycles. The monoisotopic (exact) mass is 328 g/mol. The van der Waals surface area contributed by atoms with Crippen molar-refractivity contribution in [2.24, 2.45) is 5.92 Å². The van der Waals surface area contributed by atoms with E-state index in [2.05, 4.69) is 6.07 Å². The van der Waals surface area contributed by atoms with Gasteiger partial charge in [-0.15, -0.1) is 11.3 Å². The van der Waals surface area contributed by atoms with Crippen molar-refractivity contribution in [2.75, 3.05) is 11.4 Å². The van der Waals surface area contributed by atoms with Crippen LogP contribution in [0, 0.1) is 31.1 Å². The van der Waals surface area contributed by atoms with E-state index in [1.807, 2.05) is 49.1 Å². The molecular weight excluding hydrogens is 308 g/mol. The number of hydrogen-bond acceptors (Lipinski definition) is 4. The van der Waals surface area contributed by atoms with Crippen molar-refractivity contribution in [3.8, 4) is 6.07 Å². The highest BCUT2D eigenvalue weighted by atomic mass is 32.1. The fraction of sp³-hybridized carbons (Fsp3) is 0.333. The van der Waals surface area contributed by atoms with Crippen LogP contribution in [0.1, 0.15) is 28.5 Å². The average Bonchev–Trinajstić information content (AvgIpc) is 2.82. The molecule has 2 rings (SSSR count). The average molecular weight is 328 g/mol. The Labute approximate surface area is 140 Å². The van der Waals surface area contributed by atoms with Gasteiger partial charge in [0.15, 0.2) is 0 Å². The Balaban J connectivity index is 2.39. The predicted molar refractivity (Wildman–Crippen MR) is 92.8 cm³/mol. The van der Waals surface area contributed by atoms with E-state index in [4.69, 9.17) is 0 Å². The van der Waals surface area contributed by atoms with Gasteiger partial charge in [0.1, 0.15) is 11.1 Å². The molecule has 2 aromatic rings. The number of anilines is 1. The zero-order valence-corrected chi connectivity index (χ0v) is 14.4. The molecule has 0 aliphatic heterocycles. The third kappa shape index (κ3) is 3.91. The smallest absolute Gasteiger partial charge is 0.308 e. The zero-order chi connectivity index (χ0) is 17.0. The molecule has 0 saturated heterocycles. The Morgan fingerprint density at radius 2 is 2.00 bits per heavy atom. The van der Waals surface area contributed by atoms with Crippen LogP contribution < -0.4 is 4.90 Å². The van der Waals surface area contributed by atoms with Crippen LogP contribution in [0.15, 0.2) is 30.3 Å². The third-order valence-corrected chi connectivity index (χ3v) is 5.17. The molecule has 1 atom stereocenters. The van der Waals surface area contributed by atoms with E-state index in [0.29, 0.717) is 18.7 Å². The minimum absolute atomic E-state index is 0.373. The molecule has 120 valence electrons. The molecule has 23 heavy (non-hydrogen) atoms. The third-order valence-electron chi connectivity index (χ3n) is 3.90. The molecule has 1 heterocycles. The Kier molecular flexibility index (Phi) is 5.41. The van der Waals surface area contributed by atoms with Crippen LogP contribution in [0.2, 0.25) is 0 Å². The summed E-state index contributed by atoms with van der Waals surface area (Å²) in [5.41, 5.74) is 2.73. The van der Waals surface area contributed by atoms with E-state index in [-0.39, 0.29) is 0 Å². The number of aliphatic carboxylic acids is 1. The van der Waals surface area contributed by atoms with Gasteiger partial charge in [0.2, 0.25) is 0 Å². The van der Waals surface area contributed by atoms with Crippen molar-refractivity contribution in [2.45, 2.75) is 27.3 Å². The van der Waals surface area contributed by atoms with Crippen LogP contribution in [-0.4, -0.2) is 17.6 Å². The van der Waals surface area contributed by atoms with Gasteiger partial charge in [-0.05, 0) is 25.0 Å². The van der Waals surface area contributed by atoms with Gasteiger partial charge in [-0.25, -0.2) is 0 Å². The quantitative estimate of drug-likeness (QED) is 0.871. The summed E-state index contributed by atoms with van der Waals surface area (Å²) in [4.78, 5) is 14.4. The molecule has 0 aliphatic carbocycles. The number of nitriles is 1. The van der Waals surface area contributed by atoms with Crippen LogP contribution in [0.3, 0.4) is 0 Å². The van der Waals surface area contributed by atoms with Gasteiger partial charge >= 0.3 is 5.97 Å². The molecule has 1 N–H and O–H groups in total. The number of carbonyl (C=O) groups is 1. The van der Waals surface area contributed by atoms with Crippen molar-refractivity contribution in [1.82, 2.24) is 0 Å². The fourth-order valence-electron chi connectivity index (χ4n) is 2.40. The molecule has 1 unspecified atom stereocenters. The van der Waals surface area contributed by atoms with Gasteiger partial charge < -0.3 is 10.0 Å².